The molecule has 2 aliphatic heterocycles. The van der Waals surface area contributed by atoms with Crippen LogP contribution in [0.25, 0.3) is 0 Å². The van der Waals surface area contributed by atoms with Gasteiger partial charge >= 0.3 is 0 Å². The van der Waals surface area contributed by atoms with Crippen LogP contribution in [0.15, 0.2) is 18.2 Å². The molecule has 2 saturated heterocycles. The third-order valence-corrected chi connectivity index (χ3v) is 4.51. The summed E-state index contributed by atoms with van der Waals surface area (Å²) < 4.78 is 0. The summed E-state index contributed by atoms with van der Waals surface area (Å²) in [5.74, 6) is -0.241. The van der Waals surface area contributed by atoms with Crippen molar-refractivity contribution in [2.75, 3.05) is 31.1 Å². The van der Waals surface area contributed by atoms with Gasteiger partial charge in [-0.15, -0.1) is 0 Å². The number of benzene rings is 1. The molecule has 2 aliphatic rings. The monoisotopic (exact) mass is 318 g/mol. The number of nitrogens with one attached hydrogen (secondary N) is 2. The summed E-state index contributed by atoms with van der Waals surface area (Å²) in [6.07, 6.45) is 4.06. The van der Waals surface area contributed by atoms with Crippen LogP contribution in [-0.4, -0.2) is 43.1 Å². The van der Waals surface area contributed by atoms with Crippen molar-refractivity contribution in [2.24, 2.45) is 0 Å². The first-order valence-corrected chi connectivity index (χ1v) is 8.20. The molecule has 0 saturated carbocycles. The second-order valence-electron chi connectivity index (χ2n) is 6.17. The maximum atomic E-state index is 12.3. The topological polar surface area (TPSA) is 87.5 Å². The number of nitro groups is 1. The van der Waals surface area contributed by atoms with E-state index in [1.807, 2.05) is 4.90 Å². The normalized spacial score (nSPS) is 21.2. The van der Waals surface area contributed by atoms with Gasteiger partial charge in [-0.05, 0) is 44.4 Å². The molecule has 1 aromatic carbocycles. The van der Waals surface area contributed by atoms with E-state index in [2.05, 4.69) is 10.6 Å². The lowest BCUT2D eigenvalue weighted by atomic mass is 10.1. The molecular formula is C16H22N4O3. The number of hydrogen-bond acceptors (Lipinski definition) is 5. The Balaban J connectivity index is 1.78. The van der Waals surface area contributed by atoms with Crippen molar-refractivity contribution in [3.8, 4) is 0 Å². The zero-order valence-electron chi connectivity index (χ0n) is 13.1. The minimum Gasteiger partial charge on any atom is -0.366 e. The van der Waals surface area contributed by atoms with Gasteiger partial charge < -0.3 is 15.5 Å². The molecule has 1 unspecified atom stereocenters. The molecule has 23 heavy (non-hydrogen) atoms. The number of carbonyl (C=O) groups is 1. The summed E-state index contributed by atoms with van der Waals surface area (Å²) in [5.41, 5.74) is 0.981. The lowest BCUT2D eigenvalue weighted by molar-refractivity contribution is -0.384. The van der Waals surface area contributed by atoms with E-state index in [0.717, 1.165) is 51.9 Å². The molecule has 0 bridgehead atoms. The molecule has 2 heterocycles. The predicted molar refractivity (Wildman–Crippen MR) is 87.9 cm³/mol. The Morgan fingerprint density at radius 3 is 2.74 bits per heavy atom. The molecule has 7 nitrogen and oxygen atoms in total. The van der Waals surface area contributed by atoms with Crippen molar-refractivity contribution < 1.29 is 9.72 Å². The number of amides is 1. The molecule has 1 amide bonds. The van der Waals surface area contributed by atoms with Crippen LogP contribution >= 0.6 is 0 Å². The lowest BCUT2D eigenvalue weighted by Crippen LogP contribution is -2.45. The van der Waals surface area contributed by atoms with Crippen LogP contribution < -0.4 is 15.5 Å². The van der Waals surface area contributed by atoms with Crippen molar-refractivity contribution in [2.45, 2.75) is 31.7 Å². The lowest BCUT2D eigenvalue weighted by Gasteiger charge is -2.24. The minimum atomic E-state index is -0.396. The Morgan fingerprint density at radius 1 is 1.30 bits per heavy atom. The summed E-state index contributed by atoms with van der Waals surface area (Å²) in [5, 5.41) is 17.6. The molecule has 0 radical (unpaired) electrons. The highest BCUT2D eigenvalue weighted by molar-refractivity contribution is 5.96. The van der Waals surface area contributed by atoms with Gasteiger partial charge in [-0.1, -0.05) is 0 Å². The van der Waals surface area contributed by atoms with E-state index in [0.29, 0.717) is 11.3 Å². The highest BCUT2D eigenvalue weighted by Gasteiger charge is 2.24. The van der Waals surface area contributed by atoms with Gasteiger partial charge in [0.05, 0.1) is 4.92 Å². The molecule has 2 N–H and O–H groups in total. The maximum Gasteiger partial charge on any atom is 0.293 e. The van der Waals surface area contributed by atoms with E-state index in [1.165, 1.54) is 6.07 Å². The minimum absolute atomic E-state index is 0.0151. The second kappa shape index (κ2) is 6.95. The third-order valence-electron chi connectivity index (χ3n) is 4.51. The Morgan fingerprint density at radius 2 is 2.09 bits per heavy atom. The van der Waals surface area contributed by atoms with E-state index in [9.17, 15) is 14.9 Å². The standard InChI is InChI=1S/C16H22N4O3/c21-16(18-13-4-3-7-17-11-13)12-5-6-14(15(10-12)20(22)23)19-8-1-2-9-19/h5-6,10,13,17H,1-4,7-9,11H2,(H,18,21). The van der Waals surface area contributed by atoms with Crippen molar-refractivity contribution in [3.63, 3.8) is 0 Å². The molecule has 7 heteroatoms. The van der Waals surface area contributed by atoms with E-state index in [-0.39, 0.29) is 17.6 Å². The Labute approximate surface area is 135 Å². The molecule has 2 fully saturated rings. The molecule has 0 spiro atoms. The van der Waals surface area contributed by atoms with Crippen LogP contribution in [0.3, 0.4) is 0 Å². The van der Waals surface area contributed by atoms with E-state index in [4.69, 9.17) is 0 Å². The molecule has 3 rings (SSSR count). The Bertz CT molecular complexity index is 593. The summed E-state index contributed by atoms with van der Waals surface area (Å²) >= 11 is 0. The smallest absolute Gasteiger partial charge is 0.293 e. The fourth-order valence-corrected chi connectivity index (χ4v) is 3.28. The Kier molecular flexibility index (Phi) is 4.76. The van der Waals surface area contributed by atoms with Crippen molar-refractivity contribution in [1.82, 2.24) is 10.6 Å². The summed E-state index contributed by atoms with van der Waals surface area (Å²) in [6, 6.07) is 4.89. The van der Waals surface area contributed by atoms with Gasteiger partial charge in [0.15, 0.2) is 0 Å². The van der Waals surface area contributed by atoms with Crippen LogP contribution in [0.2, 0.25) is 0 Å². The molecular weight excluding hydrogens is 296 g/mol. The van der Waals surface area contributed by atoms with Gasteiger partial charge in [0.1, 0.15) is 5.69 Å². The molecule has 1 aromatic rings. The van der Waals surface area contributed by atoms with E-state index < -0.39 is 4.92 Å². The highest BCUT2D eigenvalue weighted by Crippen LogP contribution is 2.31. The molecule has 0 aliphatic carbocycles. The largest absolute Gasteiger partial charge is 0.366 e. The summed E-state index contributed by atoms with van der Waals surface area (Å²) in [7, 11) is 0. The first kappa shape index (κ1) is 15.7. The van der Waals surface area contributed by atoms with E-state index >= 15 is 0 Å². The predicted octanol–water partition coefficient (Wildman–Crippen LogP) is 1.68. The molecule has 124 valence electrons. The van der Waals surface area contributed by atoms with Gasteiger partial charge in [0.2, 0.25) is 0 Å². The molecule has 1 atom stereocenters. The summed E-state index contributed by atoms with van der Waals surface area (Å²) in [6.45, 7) is 3.39. The number of hydrogen-bond donors (Lipinski definition) is 2. The van der Waals surface area contributed by atoms with Gasteiger partial charge in [-0.25, -0.2) is 0 Å². The number of nitrogens with zero attached hydrogens (tertiary/aromatic N) is 2. The van der Waals surface area contributed by atoms with Crippen LogP contribution in [0.4, 0.5) is 11.4 Å². The number of nitro benzene ring substituents is 1. The number of piperidine rings is 1. The van der Waals surface area contributed by atoms with Crippen molar-refractivity contribution >= 4 is 17.3 Å². The number of rotatable bonds is 4. The van der Waals surface area contributed by atoms with Crippen LogP contribution in [0, 0.1) is 10.1 Å². The van der Waals surface area contributed by atoms with Crippen molar-refractivity contribution in [1.29, 1.82) is 0 Å². The zero-order chi connectivity index (χ0) is 16.2. The maximum absolute atomic E-state index is 12.3. The van der Waals surface area contributed by atoms with Gasteiger partial charge in [0.25, 0.3) is 11.6 Å². The fourth-order valence-electron chi connectivity index (χ4n) is 3.28. The van der Waals surface area contributed by atoms with Crippen LogP contribution in [0.5, 0.6) is 0 Å². The quantitative estimate of drug-likeness (QED) is 0.651. The fraction of sp³-hybridized carbons (Fsp3) is 0.562. The summed E-state index contributed by atoms with van der Waals surface area (Å²) in [4.78, 5) is 25.3. The van der Waals surface area contributed by atoms with Gasteiger partial charge in [0, 0.05) is 37.3 Å². The second-order valence-corrected chi connectivity index (χ2v) is 6.17. The zero-order valence-corrected chi connectivity index (χ0v) is 13.1. The molecule has 0 aromatic heterocycles. The van der Waals surface area contributed by atoms with Gasteiger partial charge in [-0.3, -0.25) is 14.9 Å². The Hall–Kier alpha value is -2.15. The van der Waals surface area contributed by atoms with Crippen LogP contribution in [0.1, 0.15) is 36.0 Å². The average Bonchev–Trinajstić information content (AvgIpc) is 3.09. The van der Waals surface area contributed by atoms with E-state index in [1.54, 1.807) is 12.1 Å². The number of anilines is 1. The highest BCUT2D eigenvalue weighted by atomic mass is 16.6. The van der Waals surface area contributed by atoms with Crippen LogP contribution in [-0.2, 0) is 0 Å². The SMILES string of the molecule is O=C(NC1CCCNC1)c1ccc(N2CCCC2)c([N+](=O)[O-])c1. The third kappa shape index (κ3) is 3.61. The first-order valence-electron chi connectivity index (χ1n) is 8.20. The van der Waals surface area contributed by atoms with Crippen molar-refractivity contribution in [3.05, 3.63) is 33.9 Å². The van der Waals surface area contributed by atoms with Gasteiger partial charge in [-0.2, -0.15) is 0 Å². The first-order chi connectivity index (χ1) is 11.1. The number of carbonyl (C=O) groups excluding carboxylic acids is 1. The average molecular weight is 318 g/mol.